The lowest BCUT2D eigenvalue weighted by Gasteiger charge is -2.08. The van der Waals surface area contributed by atoms with Gasteiger partial charge in [-0.25, -0.2) is 0 Å². The lowest BCUT2D eigenvalue weighted by Crippen LogP contribution is -2.12. The van der Waals surface area contributed by atoms with Gasteiger partial charge in [0.05, 0.1) is 17.6 Å². The van der Waals surface area contributed by atoms with Gasteiger partial charge in [-0.3, -0.25) is 4.98 Å². The Morgan fingerprint density at radius 3 is 2.54 bits per heavy atom. The van der Waals surface area contributed by atoms with Gasteiger partial charge < -0.3 is 15.8 Å². The van der Waals surface area contributed by atoms with E-state index in [2.05, 4.69) is 58.7 Å². The molecule has 4 nitrogen and oxygen atoms in total. The SMILES string of the molecule is C=C(N)c1ccc(Oc2ccc(CNCc3csc4ccccc34)cc2)cn1. The van der Waals surface area contributed by atoms with Crippen molar-refractivity contribution in [2.45, 2.75) is 13.1 Å². The van der Waals surface area contributed by atoms with Gasteiger partial charge in [-0.2, -0.15) is 0 Å². The molecule has 3 N–H and O–H groups in total. The molecule has 140 valence electrons. The second-order valence-corrected chi connectivity index (χ2v) is 7.42. The maximum Gasteiger partial charge on any atom is 0.145 e. The van der Waals surface area contributed by atoms with Crippen molar-refractivity contribution in [3.8, 4) is 11.5 Å². The summed E-state index contributed by atoms with van der Waals surface area (Å²) in [4.78, 5) is 4.22. The summed E-state index contributed by atoms with van der Waals surface area (Å²) in [6.07, 6.45) is 1.65. The Labute approximate surface area is 168 Å². The highest BCUT2D eigenvalue weighted by molar-refractivity contribution is 7.17. The maximum absolute atomic E-state index is 5.83. The second-order valence-electron chi connectivity index (χ2n) is 6.51. The van der Waals surface area contributed by atoms with E-state index in [0.29, 0.717) is 17.1 Å². The first-order valence-corrected chi connectivity index (χ1v) is 9.90. The number of nitrogens with two attached hydrogens (primary N) is 1. The van der Waals surface area contributed by atoms with Crippen LogP contribution in [0, 0.1) is 0 Å². The van der Waals surface area contributed by atoms with Crippen molar-refractivity contribution in [1.82, 2.24) is 10.3 Å². The quantitative estimate of drug-likeness (QED) is 0.451. The Hall–Kier alpha value is -3.15. The zero-order chi connectivity index (χ0) is 19.3. The predicted octanol–water partition coefficient (Wildman–Crippen LogP) is 5.31. The number of thiophene rings is 1. The molecule has 2 heterocycles. The minimum Gasteiger partial charge on any atom is -0.456 e. The number of hydrogen-bond acceptors (Lipinski definition) is 5. The number of benzene rings is 2. The van der Waals surface area contributed by atoms with Gasteiger partial charge in [0.2, 0.25) is 0 Å². The van der Waals surface area contributed by atoms with E-state index in [0.717, 1.165) is 18.8 Å². The molecule has 0 fully saturated rings. The van der Waals surface area contributed by atoms with Crippen LogP contribution in [0.25, 0.3) is 15.8 Å². The highest BCUT2D eigenvalue weighted by atomic mass is 32.1. The molecule has 0 aliphatic rings. The number of nitrogens with zero attached hydrogens (tertiary/aromatic N) is 1. The molecule has 0 bridgehead atoms. The van der Waals surface area contributed by atoms with E-state index >= 15 is 0 Å². The number of aromatic nitrogens is 1. The molecular weight excluding hydrogens is 366 g/mol. The van der Waals surface area contributed by atoms with Crippen LogP contribution in [0.15, 0.2) is 78.8 Å². The third-order valence-electron chi connectivity index (χ3n) is 4.43. The van der Waals surface area contributed by atoms with E-state index < -0.39 is 0 Å². The first-order valence-electron chi connectivity index (χ1n) is 9.02. The molecular formula is C23H21N3OS. The fourth-order valence-corrected chi connectivity index (χ4v) is 3.92. The van der Waals surface area contributed by atoms with Crippen LogP contribution in [0.5, 0.6) is 11.5 Å². The molecule has 0 aliphatic heterocycles. The lowest BCUT2D eigenvalue weighted by atomic mass is 10.1. The van der Waals surface area contributed by atoms with Crippen LogP contribution in [0.3, 0.4) is 0 Å². The number of pyridine rings is 1. The molecule has 0 aliphatic carbocycles. The van der Waals surface area contributed by atoms with Crippen LogP contribution in [-0.4, -0.2) is 4.98 Å². The monoisotopic (exact) mass is 387 g/mol. The smallest absolute Gasteiger partial charge is 0.145 e. The fraction of sp³-hybridized carbons (Fsp3) is 0.0870. The summed E-state index contributed by atoms with van der Waals surface area (Å²) in [5, 5.41) is 7.08. The van der Waals surface area contributed by atoms with E-state index in [-0.39, 0.29) is 0 Å². The van der Waals surface area contributed by atoms with Gasteiger partial charge in [-0.05, 0) is 52.2 Å². The van der Waals surface area contributed by atoms with Crippen LogP contribution in [-0.2, 0) is 13.1 Å². The summed E-state index contributed by atoms with van der Waals surface area (Å²) in [5.41, 5.74) is 9.28. The molecule has 5 heteroatoms. The number of hydrogen-bond donors (Lipinski definition) is 2. The molecule has 0 spiro atoms. The van der Waals surface area contributed by atoms with E-state index in [9.17, 15) is 0 Å². The average Bonchev–Trinajstić information content (AvgIpc) is 3.13. The zero-order valence-electron chi connectivity index (χ0n) is 15.4. The normalized spacial score (nSPS) is 10.9. The summed E-state index contributed by atoms with van der Waals surface area (Å²) < 4.78 is 7.16. The van der Waals surface area contributed by atoms with Crippen molar-refractivity contribution in [3.05, 3.63) is 95.6 Å². The topological polar surface area (TPSA) is 60.2 Å². The predicted molar refractivity (Wildman–Crippen MR) is 116 cm³/mol. The Morgan fingerprint density at radius 1 is 1.00 bits per heavy atom. The zero-order valence-corrected chi connectivity index (χ0v) is 16.2. The van der Waals surface area contributed by atoms with Crippen molar-refractivity contribution in [1.29, 1.82) is 0 Å². The summed E-state index contributed by atoms with van der Waals surface area (Å²) in [5.74, 6) is 1.44. The van der Waals surface area contributed by atoms with Crippen molar-refractivity contribution < 1.29 is 4.74 Å². The van der Waals surface area contributed by atoms with Crippen molar-refractivity contribution in [3.63, 3.8) is 0 Å². The molecule has 0 amide bonds. The summed E-state index contributed by atoms with van der Waals surface area (Å²) >= 11 is 1.79. The van der Waals surface area contributed by atoms with E-state index in [4.69, 9.17) is 10.5 Å². The third-order valence-corrected chi connectivity index (χ3v) is 5.44. The van der Waals surface area contributed by atoms with Gasteiger partial charge in [-0.15, -0.1) is 11.3 Å². The summed E-state index contributed by atoms with van der Waals surface area (Å²) in [6.45, 7) is 5.33. The van der Waals surface area contributed by atoms with Crippen LogP contribution < -0.4 is 15.8 Å². The van der Waals surface area contributed by atoms with Gasteiger partial charge in [-0.1, -0.05) is 36.9 Å². The standard InChI is InChI=1S/C23H21N3OS/c1-16(24)22-11-10-20(14-26-22)27-19-8-6-17(7-9-19)12-25-13-18-15-28-23-5-3-2-4-21(18)23/h2-11,14-15,25H,1,12-13,24H2. The van der Waals surface area contributed by atoms with Gasteiger partial charge in [0, 0.05) is 17.8 Å². The van der Waals surface area contributed by atoms with Gasteiger partial charge in [0.25, 0.3) is 0 Å². The summed E-state index contributed by atoms with van der Waals surface area (Å²) in [6, 6.07) is 20.2. The molecule has 0 unspecified atom stereocenters. The minimum atomic E-state index is 0.443. The van der Waals surface area contributed by atoms with Crippen molar-refractivity contribution in [2.24, 2.45) is 5.73 Å². The Balaban J connectivity index is 1.32. The summed E-state index contributed by atoms with van der Waals surface area (Å²) in [7, 11) is 0. The highest BCUT2D eigenvalue weighted by Crippen LogP contribution is 2.25. The van der Waals surface area contributed by atoms with Gasteiger partial charge >= 0.3 is 0 Å². The second kappa shape index (κ2) is 8.25. The Kier molecular flexibility index (Phi) is 5.37. The molecule has 28 heavy (non-hydrogen) atoms. The van der Waals surface area contributed by atoms with E-state index in [1.807, 2.05) is 18.2 Å². The lowest BCUT2D eigenvalue weighted by molar-refractivity contribution is 0.480. The van der Waals surface area contributed by atoms with Crippen LogP contribution >= 0.6 is 11.3 Å². The molecule has 4 rings (SSSR count). The molecule has 0 atom stereocenters. The molecule has 0 saturated carbocycles. The highest BCUT2D eigenvalue weighted by Gasteiger charge is 2.04. The van der Waals surface area contributed by atoms with Crippen LogP contribution in [0.1, 0.15) is 16.8 Å². The molecule has 0 radical (unpaired) electrons. The van der Waals surface area contributed by atoms with Crippen LogP contribution in [0.2, 0.25) is 0 Å². The first-order chi connectivity index (χ1) is 13.7. The van der Waals surface area contributed by atoms with E-state index in [1.165, 1.54) is 21.2 Å². The van der Waals surface area contributed by atoms with Gasteiger partial charge in [0.1, 0.15) is 11.5 Å². The Bertz CT molecular complexity index is 1090. The first kappa shape index (κ1) is 18.2. The Morgan fingerprint density at radius 2 is 1.79 bits per heavy atom. The molecule has 0 saturated heterocycles. The third kappa shape index (κ3) is 4.22. The molecule has 2 aromatic carbocycles. The largest absolute Gasteiger partial charge is 0.456 e. The maximum atomic E-state index is 5.83. The number of ether oxygens (including phenoxy) is 1. The van der Waals surface area contributed by atoms with Gasteiger partial charge in [0.15, 0.2) is 0 Å². The minimum absolute atomic E-state index is 0.443. The van der Waals surface area contributed by atoms with Crippen molar-refractivity contribution >= 4 is 27.1 Å². The molecule has 2 aromatic heterocycles. The van der Waals surface area contributed by atoms with E-state index in [1.54, 1.807) is 23.6 Å². The molecule has 4 aromatic rings. The van der Waals surface area contributed by atoms with Crippen LogP contribution in [0.4, 0.5) is 0 Å². The fourth-order valence-electron chi connectivity index (χ4n) is 2.95. The number of fused-ring (bicyclic) bond motifs is 1. The number of rotatable bonds is 7. The van der Waals surface area contributed by atoms with Crippen molar-refractivity contribution in [2.75, 3.05) is 0 Å². The average molecular weight is 388 g/mol. The number of nitrogens with one attached hydrogen (secondary N) is 1.